The normalized spacial score (nSPS) is 14.4. The summed E-state index contributed by atoms with van der Waals surface area (Å²) < 4.78 is 33.9. The fourth-order valence-corrected chi connectivity index (χ4v) is 7.33. The topological polar surface area (TPSA) is 131 Å². The van der Waals surface area contributed by atoms with Gasteiger partial charge in [-0.3, -0.25) is 14.2 Å². The Kier molecular flexibility index (Phi) is 40.5. The molecule has 0 aromatic heterocycles. The first-order valence-corrected chi connectivity index (χ1v) is 25.9. The number of esters is 2. The third-order valence-corrected chi connectivity index (χ3v) is 11.4. The molecule has 0 aromatic rings. The Hall–Kier alpha value is -2.07. The van der Waals surface area contributed by atoms with Gasteiger partial charge in [0.15, 0.2) is 6.10 Å². The zero-order chi connectivity index (χ0) is 45.1. The van der Waals surface area contributed by atoms with Crippen molar-refractivity contribution >= 4 is 19.8 Å². The molecule has 0 spiro atoms. The lowest BCUT2D eigenvalue weighted by Gasteiger charge is -2.28. The minimum atomic E-state index is -4.65. The molecule has 10 nitrogen and oxygen atoms in total. The first-order chi connectivity index (χ1) is 29.4. The van der Waals surface area contributed by atoms with Gasteiger partial charge in [0.1, 0.15) is 19.8 Å². The second-order valence-corrected chi connectivity index (χ2v) is 19.1. The van der Waals surface area contributed by atoms with Crippen LogP contribution < -0.4 is 4.89 Å². The van der Waals surface area contributed by atoms with Crippen LogP contribution in [0.2, 0.25) is 0 Å². The lowest BCUT2D eigenvalue weighted by molar-refractivity contribution is -0.870. The molecule has 0 amide bonds. The van der Waals surface area contributed by atoms with Gasteiger partial charge in [-0.25, -0.2) is 0 Å². The van der Waals surface area contributed by atoms with Gasteiger partial charge in [0, 0.05) is 12.8 Å². The monoisotopic (exact) mass is 882 g/mol. The summed E-state index contributed by atoms with van der Waals surface area (Å²) in [6, 6.07) is 0. The molecule has 0 aliphatic heterocycles. The van der Waals surface area contributed by atoms with Crippen molar-refractivity contribution < 1.29 is 47.2 Å². The molecule has 1 N–H and O–H groups in total. The molecule has 0 rings (SSSR count). The molecule has 0 aromatic carbocycles. The SMILES string of the molecule is CC/C=C/C/C=C/C=C/C(O)CCCCCCCC(=O)O[C@H](COC(=O)CCCCCCCCCCCCC/C=C\CCCCCCCC)COP(=O)([O-])OCC[N+](C)(C)C. The number of quaternary nitrogens is 1. The molecule has 356 valence electrons. The van der Waals surface area contributed by atoms with E-state index in [4.69, 9.17) is 18.5 Å². The maximum Gasteiger partial charge on any atom is 0.306 e. The Morgan fingerprint density at radius 3 is 1.70 bits per heavy atom. The molecule has 61 heavy (non-hydrogen) atoms. The highest BCUT2D eigenvalue weighted by Crippen LogP contribution is 2.38. The summed E-state index contributed by atoms with van der Waals surface area (Å²) in [5.41, 5.74) is 0. The van der Waals surface area contributed by atoms with Crippen molar-refractivity contribution in [2.45, 2.75) is 212 Å². The van der Waals surface area contributed by atoms with Gasteiger partial charge < -0.3 is 33.0 Å². The summed E-state index contributed by atoms with van der Waals surface area (Å²) in [5, 5.41) is 10.2. The highest BCUT2D eigenvalue weighted by molar-refractivity contribution is 7.45. The summed E-state index contributed by atoms with van der Waals surface area (Å²) in [7, 11) is 1.10. The number of carbonyl (C=O) groups excluding carboxylic acids is 2. The van der Waals surface area contributed by atoms with Crippen LogP contribution in [0, 0.1) is 0 Å². The van der Waals surface area contributed by atoms with Gasteiger partial charge in [0.05, 0.1) is 33.9 Å². The van der Waals surface area contributed by atoms with Crippen LogP contribution in [0.4, 0.5) is 0 Å². The van der Waals surface area contributed by atoms with Crippen LogP contribution in [-0.4, -0.2) is 81.2 Å². The molecule has 0 bridgehead atoms. The molecule has 0 aliphatic carbocycles. The van der Waals surface area contributed by atoms with E-state index in [1.165, 1.54) is 96.3 Å². The largest absolute Gasteiger partial charge is 0.756 e. The Morgan fingerprint density at radius 1 is 0.623 bits per heavy atom. The molecule has 0 saturated carbocycles. The quantitative estimate of drug-likeness (QED) is 0.0159. The van der Waals surface area contributed by atoms with E-state index in [0.717, 1.165) is 57.8 Å². The zero-order valence-corrected chi connectivity index (χ0v) is 40.6. The molecular weight excluding hydrogens is 790 g/mol. The van der Waals surface area contributed by atoms with Crippen molar-refractivity contribution in [3.8, 4) is 0 Å². The molecule has 11 heteroatoms. The summed E-state index contributed by atoms with van der Waals surface area (Å²) in [4.78, 5) is 37.7. The molecule has 0 fully saturated rings. The summed E-state index contributed by atoms with van der Waals surface area (Å²) in [6.45, 7) is 3.99. The van der Waals surface area contributed by atoms with E-state index in [0.29, 0.717) is 30.3 Å². The van der Waals surface area contributed by atoms with Crippen molar-refractivity contribution in [2.24, 2.45) is 0 Å². The van der Waals surface area contributed by atoms with Crippen molar-refractivity contribution in [1.82, 2.24) is 0 Å². The summed E-state index contributed by atoms with van der Waals surface area (Å²) in [6.07, 6.45) is 45.9. The van der Waals surface area contributed by atoms with Crippen LogP contribution in [0.15, 0.2) is 48.6 Å². The second kappa shape index (κ2) is 41.9. The number of likely N-dealkylation sites (N-methyl/N-ethyl adjacent to an activating group) is 1. The van der Waals surface area contributed by atoms with Crippen molar-refractivity contribution in [3.05, 3.63) is 48.6 Å². The van der Waals surface area contributed by atoms with Gasteiger partial charge in [-0.15, -0.1) is 0 Å². The lowest BCUT2D eigenvalue weighted by Crippen LogP contribution is -2.37. The standard InChI is InChI=1S/C50H92NO9P/c1-6-8-10-12-14-15-16-17-18-19-20-21-22-23-24-25-26-27-29-33-37-41-49(53)57-45-48(46-59-61(55,56)58-44-43-51(3,4)5)60-50(54)42-38-34-30-32-36-40-47(52)39-35-31-28-13-11-9-7-2/h9,11,17-18,28,31,35,39,47-48,52H,6-8,10,12-16,19-27,29-30,32-34,36-38,40-46H2,1-5H3/b11-9+,18-17-,31-28+,39-35+/t47?,48-/m1/s1. The number of carbonyl (C=O) groups is 2. The fourth-order valence-electron chi connectivity index (χ4n) is 6.60. The molecule has 0 saturated heterocycles. The smallest absolute Gasteiger partial charge is 0.306 e. The third-order valence-electron chi connectivity index (χ3n) is 10.4. The number of unbranched alkanes of at least 4 members (excludes halogenated alkanes) is 21. The van der Waals surface area contributed by atoms with Crippen LogP contribution in [0.25, 0.3) is 0 Å². The number of allylic oxidation sites excluding steroid dienone is 7. The van der Waals surface area contributed by atoms with Crippen LogP contribution in [0.1, 0.15) is 200 Å². The maximum absolute atomic E-state index is 12.7. The van der Waals surface area contributed by atoms with E-state index >= 15 is 0 Å². The molecular formula is C50H92NO9P. The van der Waals surface area contributed by atoms with Gasteiger partial charge in [-0.05, 0) is 57.8 Å². The Bertz CT molecular complexity index is 1200. The van der Waals surface area contributed by atoms with Gasteiger partial charge in [0.2, 0.25) is 0 Å². The molecule has 0 radical (unpaired) electrons. The van der Waals surface area contributed by atoms with E-state index in [9.17, 15) is 24.2 Å². The summed E-state index contributed by atoms with van der Waals surface area (Å²) >= 11 is 0. The highest BCUT2D eigenvalue weighted by Gasteiger charge is 2.21. The van der Waals surface area contributed by atoms with Gasteiger partial charge in [-0.1, -0.05) is 178 Å². The van der Waals surface area contributed by atoms with Crippen LogP contribution in [-0.2, 0) is 32.7 Å². The predicted molar refractivity (Wildman–Crippen MR) is 251 cm³/mol. The van der Waals surface area contributed by atoms with Crippen LogP contribution in [0.3, 0.4) is 0 Å². The Labute approximate surface area is 374 Å². The highest BCUT2D eigenvalue weighted by atomic mass is 31.2. The van der Waals surface area contributed by atoms with Gasteiger partial charge >= 0.3 is 11.9 Å². The van der Waals surface area contributed by atoms with Crippen molar-refractivity contribution in [1.29, 1.82) is 0 Å². The Balaban J connectivity index is 4.32. The van der Waals surface area contributed by atoms with E-state index in [1.54, 1.807) is 6.08 Å². The van der Waals surface area contributed by atoms with E-state index < -0.39 is 38.6 Å². The number of aliphatic hydroxyl groups excluding tert-OH is 1. The second-order valence-electron chi connectivity index (χ2n) is 17.6. The average Bonchev–Trinajstić information content (AvgIpc) is 3.21. The predicted octanol–water partition coefficient (Wildman–Crippen LogP) is 12.6. The van der Waals surface area contributed by atoms with Crippen LogP contribution in [0.5, 0.6) is 0 Å². The van der Waals surface area contributed by atoms with Crippen LogP contribution >= 0.6 is 7.82 Å². The minimum Gasteiger partial charge on any atom is -0.756 e. The van der Waals surface area contributed by atoms with Gasteiger partial charge in [-0.2, -0.15) is 0 Å². The maximum atomic E-state index is 12.7. The first kappa shape index (κ1) is 58.9. The molecule has 3 atom stereocenters. The molecule has 2 unspecified atom stereocenters. The van der Waals surface area contributed by atoms with Gasteiger partial charge in [0.25, 0.3) is 7.82 Å². The fraction of sp³-hybridized carbons (Fsp3) is 0.800. The minimum absolute atomic E-state index is 0.0500. The average molecular weight is 882 g/mol. The number of rotatable bonds is 44. The van der Waals surface area contributed by atoms with Crippen molar-refractivity contribution in [2.75, 3.05) is 47.5 Å². The lowest BCUT2D eigenvalue weighted by atomic mass is 10.0. The molecule has 0 aliphatic rings. The number of nitrogens with zero attached hydrogens (tertiary/aromatic N) is 1. The van der Waals surface area contributed by atoms with E-state index in [-0.39, 0.29) is 26.1 Å². The van der Waals surface area contributed by atoms with Crippen molar-refractivity contribution in [3.63, 3.8) is 0 Å². The molecule has 0 heterocycles. The number of phosphoric acid groups is 1. The van der Waals surface area contributed by atoms with E-state index in [1.807, 2.05) is 33.3 Å². The number of phosphoric ester groups is 1. The Morgan fingerprint density at radius 2 is 1.15 bits per heavy atom. The summed E-state index contributed by atoms with van der Waals surface area (Å²) in [5.74, 6) is -0.910. The number of hydrogen-bond donors (Lipinski definition) is 1. The number of ether oxygens (including phenoxy) is 2. The first-order valence-electron chi connectivity index (χ1n) is 24.5. The zero-order valence-electron chi connectivity index (χ0n) is 39.7. The van der Waals surface area contributed by atoms with E-state index in [2.05, 4.69) is 44.2 Å². The number of hydrogen-bond acceptors (Lipinski definition) is 9. The third kappa shape index (κ3) is 45.8. The number of aliphatic hydroxyl groups is 1.